The van der Waals surface area contributed by atoms with Gasteiger partial charge in [0.2, 0.25) is 0 Å². The van der Waals surface area contributed by atoms with Crippen molar-refractivity contribution in [2.24, 2.45) is 0 Å². The number of carbonyl (C=O) groups excluding carboxylic acids is 1. The van der Waals surface area contributed by atoms with Crippen LogP contribution in [-0.2, 0) is 9.53 Å². The molecular formula is C16H25BrN2O3+2. The molecule has 1 saturated heterocycles. The zero-order valence-corrected chi connectivity index (χ0v) is 14.8. The van der Waals surface area contributed by atoms with Crippen LogP contribution in [0.4, 0.5) is 0 Å². The van der Waals surface area contributed by atoms with Gasteiger partial charge in [0.05, 0.1) is 7.05 Å². The number of likely N-dealkylation sites (N-methyl/N-ethyl adjacent to an activating group) is 1. The van der Waals surface area contributed by atoms with Gasteiger partial charge in [-0.1, -0.05) is 15.9 Å². The lowest BCUT2D eigenvalue weighted by Crippen LogP contribution is -3.27. The lowest BCUT2D eigenvalue weighted by molar-refractivity contribution is -1.00. The van der Waals surface area contributed by atoms with Gasteiger partial charge in [-0.2, -0.15) is 0 Å². The summed E-state index contributed by atoms with van der Waals surface area (Å²) in [5, 5.41) is 0. The summed E-state index contributed by atoms with van der Waals surface area (Å²) in [7, 11) is 2.22. The van der Waals surface area contributed by atoms with E-state index < -0.39 is 0 Å². The van der Waals surface area contributed by atoms with Crippen LogP contribution >= 0.6 is 15.9 Å². The molecule has 0 unspecified atom stereocenters. The molecule has 1 aromatic carbocycles. The van der Waals surface area contributed by atoms with Gasteiger partial charge < -0.3 is 19.3 Å². The summed E-state index contributed by atoms with van der Waals surface area (Å²) in [6.45, 7) is 7.43. The number of nitrogens with one attached hydrogen (secondary N) is 2. The van der Waals surface area contributed by atoms with Crippen molar-refractivity contribution >= 4 is 21.9 Å². The summed E-state index contributed by atoms with van der Waals surface area (Å²) in [5.74, 6) is 0.357. The second kappa shape index (κ2) is 8.50. The zero-order chi connectivity index (χ0) is 15.9. The van der Waals surface area contributed by atoms with Crippen molar-refractivity contribution in [3.8, 4) is 5.75 Å². The van der Waals surface area contributed by atoms with Gasteiger partial charge in [-0.3, -0.25) is 0 Å². The Morgan fingerprint density at radius 1 is 1.23 bits per heavy atom. The van der Waals surface area contributed by atoms with E-state index in [0.717, 1.165) is 24.1 Å². The van der Waals surface area contributed by atoms with E-state index in [4.69, 9.17) is 9.47 Å². The summed E-state index contributed by atoms with van der Waals surface area (Å²) in [6.07, 6.45) is -0.0746. The number of hydrogen-bond donors (Lipinski definition) is 2. The highest BCUT2D eigenvalue weighted by Gasteiger charge is 2.23. The minimum Gasteiger partial charge on any atom is -0.482 e. The van der Waals surface area contributed by atoms with E-state index in [-0.39, 0.29) is 18.7 Å². The molecule has 2 N–H and O–H groups in total. The minimum absolute atomic E-state index is 0.0474. The number of quaternary nitrogens is 2. The summed E-state index contributed by atoms with van der Waals surface area (Å²) < 4.78 is 11.8. The van der Waals surface area contributed by atoms with E-state index in [0.29, 0.717) is 5.75 Å². The monoisotopic (exact) mass is 372 g/mol. The van der Waals surface area contributed by atoms with Crippen LogP contribution in [0.1, 0.15) is 6.92 Å². The quantitative estimate of drug-likeness (QED) is 0.641. The number of carbonyl (C=O) groups is 1. The number of piperazine rings is 1. The summed E-state index contributed by atoms with van der Waals surface area (Å²) in [5.41, 5.74) is 0. The highest BCUT2D eigenvalue weighted by Crippen LogP contribution is 2.15. The van der Waals surface area contributed by atoms with Gasteiger partial charge in [0.25, 0.3) is 0 Å². The first kappa shape index (κ1) is 17.2. The number of halogens is 1. The molecule has 0 aromatic heterocycles. The maximum Gasteiger partial charge on any atom is 0.344 e. The van der Waals surface area contributed by atoms with E-state index in [1.807, 2.05) is 31.2 Å². The van der Waals surface area contributed by atoms with Crippen molar-refractivity contribution in [1.82, 2.24) is 0 Å². The Balaban J connectivity index is 1.66. The first-order valence-corrected chi connectivity index (χ1v) is 8.55. The second-order valence-corrected chi connectivity index (χ2v) is 6.87. The van der Waals surface area contributed by atoms with Crippen molar-refractivity contribution in [2.75, 3.05) is 46.4 Å². The van der Waals surface area contributed by atoms with Crippen molar-refractivity contribution in [3.63, 3.8) is 0 Å². The molecule has 1 aliphatic rings. The Bertz CT molecular complexity index is 473. The van der Waals surface area contributed by atoms with Gasteiger partial charge in [-0.25, -0.2) is 4.79 Å². The molecule has 22 heavy (non-hydrogen) atoms. The average molecular weight is 373 g/mol. The highest BCUT2D eigenvalue weighted by atomic mass is 79.9. The molecule has 0 bridgehead atoms. The lowest BCUT2D eigenvalue weighted by Gasteiger charge is -2.28. The maximum absolute atomic E-state index is 11.8. The maximum atomic E-state index is 11.8. The van der Waals surface area contributed by atoms with Crippen molar-refractivity contribution < 1.29 is 24.1 Å². The fourth-order valence-electron chi connectivity index (χ4n) is 2.61. The fourth-order valence-corrected chi connectivity index (χ4v) is 2.88. The molecule has 0 saturated carbocycles. The van der Waals surface area contributed by atoms with Crippen LogP contribution in [0, 0.1) is 0 Å². The zero-order valence-electron chi connectivity index (χ0n) is 13.2. The molecule has 1 heterocycles. The molecule has 1 aliphatic heterocycles. The first-order valence-electron chi connectivity index (χ1n) is 7.75. The third-order valence-corrected chi connectivity index (χ3v) is 4.42. The minimum atomic E-state index is -0.311. The third-order valence-electron chi connectivity index (χ3n) is 3.89. The largest absolute Gasteiger partial charge is 0.482 e. The number of ether oxygens (including phenoxy) is 2. The predicted molar refractivity (Wildman–Crippen MR) is 87.4 cm³/mol. The SMILES string of the molecule is C[C@H](C[NH+]1CC[NH+](C)CC1)OC(=O)COc1ccc(Br)cc1. The van der Waals surface area contributed by atoms with Crippen LogP contribution in [0.15, 0.2) is 28.7 Å². The van der Waals surface area contributed by atoms with Crippen molar-refractivity contribution in [1.29, 1.82) is 0 Å². The molecule has 6 heteroatoms. The Morgan fingerprint density at radius 2 is 1.86 bits per heavy atom. The average Bonchev–Trinajstić information content (AvgIpc) is 2.49. The van der Waals surface area contributed by atoms with Crippen LogP contribution in [0.2, 0.25) is 0 Å². The van der Waals surface area contributed by atoms with Crippen molar-refractivity contribution in [2.45, 2.75) is 13.0 Å². The van der Waals surface area contributed by atoms with Crippen LogP contribution in [-0.4, -0.2) is 58.5 Å². The molecule has 0 radical (unpaired) electrons. The third kappa shape index (κ3) is 5.94. The van der Waals surface area contributed by atoms with Gasteiger partial charge in [0.15, 0.2) is 6.61 Å². The fraction of sp³-hybridized carbons (Fsp3) is 0.562. The Hall–Kier alpha value is -1.11. The molecule has 0 spiro atoms. The van der Waals surface area contributed by atoms with Gasteiger partial charge in [0, 0.05) is 4.47 Å². The topological polar surface area (TPSA) is 44.4 Å². The number of hydrogen-bond acceptors (Lipinski definition) is 3. The summed E-state index contributed by atoms with van der Waals surface area (Å²) in [4.78, 5) is 14.9. The van der Waals surface area contributed by atoms with Crippen LogP contribution in [0.5, 0.6) is 5.75 Å². The molecule has 1 atom stereocenters. The summed E-state index contributed by atoms with van der Waals surface area (Å²) >= 11 is 3.36. The molecule has 2 rings (SSSR count). The predicted octanol–water partition coefficient (Wildman–Crippen LogP) is -0.827. The normalized spacial score (nSPS) is 22.9. The van der Waals surface area contributed by atoms with Crippen LogP contribution in [0.3, 0.4) is 0 Å². The highest BCUT2D eigenvalue weighted by molar-refractivity contribution is 9.10. The van der Waals surface area contributed by atoms with Gasteiger partial charge in [-0.15, -0.1) is 0 Å². The molecule has 1 aromatic rings. The van der Waals surface area contributed by atoms with E-state index in [9.17, 15) is 4.79 Å². The van der Waals surface area contributed by atoms with Crippen molar-refractivity contribution in [3.05, 3.63) is 28.7 Å². The van der Waals surface area contributed by atoms with E-state index in [1.54, 1.807) is 4.90 Å². The number of benzene rings is 1. The molecule has 1 fully saturated rings. The smallest absolute Gasteiger partial charge is 0.344 e. The molecular weight excluding hydrogens is 348 g/mol. The standard InChI is InChI=1S/C16H23BrN2O3/c1-13(11-19-9-7-18(2)8-10-19)22-16(20)12-21-15-5-3-14(17)4-6-15/h3-6,13H,7-12H2,1-2H3/p+2/t13-/m1/s1. The lowest BCUT2D eigenvalue weighted by atomic mass is 10.3. The Kier molecular flexibility index (Phi) is 6.67. The van der Waals surface area contributed by atoms with E-state index in [2.05, 4.69) is 23.0 Å². The van der Waals surface area contributed by atoms with Crippen LogP contribution < -0.4 is 14.5 Å². The first-order chi connectivity index (χ1) is 10.5. The van der Waals surface area contributed by atoms with Gasteiger partial charge in [-0.05, 0) is 31.2 Å². The Morgan fingerprint density at radius 3 is 2.50 bits per heavy atom. The molecule has 0 aliphatic carbocycles. The second-order valence-electron chi connectivity index (χ2n) is 5.95. The van der Waals surface area contributed by atoms with E-state index >= 15 is 0 Å². The van der Waals surface area contributed by atoms with E-state index in [1.165, 1.54) is 18.0 Å². The molecule has 0 amide bonds. The van der Waals surface area contributed by atoms with Crippen LogP contribution in [0.25, 0.3) is 0 Å². The van der Waals surface area contributed by atoms with Gasteiger partial charge >= 0.3 is 5.97 Å². The Labute approximate surface area is 140 Å². The molecule has 5 nitrogen and oxygen atoms in total. The molecule has 122 valence electrons. The number of esters is 1. The number of rotatable bonds is 6. The summed E-state index contributed by atoms with van der Waals surface area (Å²) in [6, 6.07) is 7.39. The van der Waals surface area contributed by atoms with Gasteiger partial charge in [0.1, 0.15) is 44.6 Å².